The molecule has 1 fully saturated rings. The first-order chi connectivity index (χ1) is 8.65. The number of nitrogens with zero attached hydrogens (tertiary/aromatic N) is 1. The molecular weight excluding hydrogens is 272 g/mol. The predicted molar refractivity (Wildman–Crippen MR) is 73.0 cm³/mol. The van der Waals surface area contributed by atoms with Crippen molar-refractivity contribution in [3.8, 4) is 0 Å². The first-order valence-corrected chi connectivity index (χ1v) is 7.15. The van der Waals surface area contributed by atoms with Crippen LogP contribution in [0, 0.1) is 0 Å². The van der Waals surface area contributed by atoms with Crippen molar-refractivity contribution in [3.63, 3.8) is 0 Å². The van der Waals surface area contributed by atoms with Crippen molar-refractivity contribution in [2.75, 3.05) is 26.7 Å². The van der Waals surface area contributed by atoms with Gasteiger partial charge in [0.05, 0.1) is 30.0 Å². The molecule has 0 spiro atoms. The Kier molecular flexibility index (Phi) is 5.00. The lowest BCUT2D eigenvalue weighted by Gasteiger charge is -2.25. The second kappa shape index (κ2) is 6.52. The molecule has 1 aliphatic heterocycles. The Morgan fingerprint density at radius 2 is 2.50 bits per heavy atom. The molecule has 1 amide bonds. The van der Waals surface area contributed by atoms with Crippen molar-refractivity contribution in [1.82, 2.24) is 10.2 Å². The zero-order valence-corrected chi connectivity index (χ0v) is 11.9. The predicted octanol–water partition coefficient (Wildman–Crippen LogP) is 1.74. The zero-order valence-electron chi connectivity index (χ0n) is 10.3. The molecule has 1 aromatic heterocycles. The van der Waals surface area contributed by atoms with Gasteiger partial charge in [0.25, 0.3) is 0 Å². The number of hydrogen-bond donors (Lipinski definition) is 1. The summed E-state index contributed by atoms with van der Waals surface area (Å²) in [6, 6.07) is 3.81. The molecule has 0 saturated carbocycles. The molecule has 18 heavy (non-hydrogen) atoms. The second-order valence-electron chi connectivity index (χ2n) is 4.36. The molecule has 0 aromatic carbocycles. The van der Waals surface area contributed by atoms with Crippen LogP contribution >= 0.6 is 22.9 Å². The van der Waals surface area contributed by atoms with E-state index >= 15 is 0 Å². The van der Waals surface area contributed by atoms with E-state index < -0.39 is 0 Å². The van der Waals surface area contributed by atoms with Gasteiger partial charge in [-0.25, -0.2) is 0 Å². The Balaban J connectivity index is 1.80. The third-order valence-electron chi connectivity index (χ3n) is 2.85. The van der Waals surface area contributed by atoms with Gasteiger partial charge in [0, 0.05) is 25.0 Å². The number of halogens is 1. The van der Waals surface area contributed by atoms with E-state index in [9.17, 15) is 4.79 Å². The summed E-state index contributed by atoms with van der Waals surface area (Å²) in [5.41, 5.74) is 0. The molecule has 100 valence electrons. The largest absolute Gasteiger partial charge is 0.375 e. The van der Waals surface area contributed by atoms with Crippen LogP contribution in [0.4, 0.5) is 0 Å². The van der Waals surface area contributed by atoms with Crippen LogP contribution in [0.25, 0.3) is 0 Å². The minimum atomic E-state index is 0.000577. The molecule has 1 N–H and O–H groups in total. The minimum Gasteiger partial charge on any atom is -0.375 e. The lowest BCUT2D eigenvalue weighted by molar-refractivity contribution is -0.133. The fourth-order valence-electron chi connectivity index (χ4n) is 1.86. The van der Waals surface area contributed by atoms with E-state index in [4.69, 9.17) is 16.3 Å². The smallest absolute Gasteiger partial charge is 0.225 e. The Morgan fingerprint density at radius 3 is 3.11 bits per heavy atom. The molecule has 4 nitrogen and oxygen atoms in total. The fraction of sp³-hybridized carbons (Fsp3) is 0.583. The van der Waals surface area contributed by atoms with Crippen LogP contribution in [0.2, 0.25) is 4.34 Å². The maximum Gasteiger partial charge on any atom is 0.225 e. The maximum atomic E-state index is 12.0. The van der Waals surface area contributed by atoms with Crippen molar-refractivity contribution >= 4 is 28.8 Å². The van der Waals surface area contributed by atoms with E-state index in [1.807, 2.05) is 19.2 Å². The normalized spacial score (nSPS) is 19.8. The first kappa shape index (κ1) is 13.8. The lowest BCUT2D eigenvalue weighted by Crippen LogP contribution is -2.41. The van der Waals surface area contributed by atoms with Gasteiger partial charge in [-0.15, -0.1) is 11.3 Å². The molecule has 1 aromatic rings. The number of morpholine rings is 1. The quantitative estimate of drug-likeness (QED) is 0.918. The molecule has 6 heteroatoms. The molecule has 1 atom stereocenters. The van der Waals surface area contributed by atoms with E-state index in [-0.39, 0.29) is 12.0 Å². The number of carbonyl (C=O) groups is 1. The average Bonchev–Trinajstić information content (AvgIpc) is 2.76. The number of nitrogens with one attached hydrogen (secondary N) is 1. The van der Waals surface area contributed by atoms with E-state index in [1.165, 1.54) is 11.3 Å². The van der Waals surface area contributed by atoms with Gasteiger partial charge < -0.3 is 15.0 Å². The van der Waals surface area contributed by atoms with Gasteiger partial charge in [-0.1, -0.05) is 11.6 Å². The van der Waals surface area contributed by atoms with Crippen molar-refractivity contribution < 1.29 is 9.53 Å². The molecule has 0 aliphatic carbocycles. The summed E-state index contributed by atoms with van der Waals surface area (Å²) in [6.07, 6.45) is 0.434. The Morgan fingerprint density at radius 1 is 1.67 bits per heavy atom. The summed E-state index contributed by atoms with van der Waals surface area (Å²) in [5.74, 6) is 0.105. The van der Waals surface area contributed by atoms with Gasteiger partial charge >= 0.3 is 0 Å². The van der Waals surface area contributed by atoms with Crippen molar-refractivity contribution in [2.45, 2.75) is 19.1 Å². The molecule has 0 bridgehead atoms. The van der Waals surface area contributed by atoms with Gasteiger partial charge in [-0.2, -0.15) is 0 Å². The van der Waals surface area contributed by atoms with Gasteiger partial charge in [0.1, 0.15) is 0 Å². The highest BCUT2D eigenvalue weighted by molar-refractivity contribution is 7.16. The van der Waals surface area contributed by atoms with Gasteiger partial charge in [-0.3, -0.25) is 4.79 Å². The number of amides is 1. The van der Waals surface area contributed by atoms with Crippen LogP contribution in [0.15, 0.2) is 12.1 Å². The van der Waals surface area contributed by atoms with E-state index in [0.717, 1.165) is 22.3 Å². The van der Waals surface area contributed by atoms with Crippen LogP contribution in [0.5, 0.6) is 0 Å². The SMILES string of the molecule is CN(Cc1ccc(Cl)s1)C(=O)CC1CNCCO1. The van der Waals surface area contributed by atoms with Crippen LogP contribution < -0.4 is 5.32 Å². The van der Waals surface area contributed by atoms with E-state index in [1.54, 1.807) is 4.90 Å². The summed E-state index contributed by atoms with van der Waals surface area (Å²) in [5, 5.41) is 3.22. The molecule has 1 aliphatic rings. The van der Waals surface area contributed by atoms with Crippen LogP contribution in [-0.2, 0) is 16.1 Å². The number of ether oxygens (including phenoxy) is 1. The summed E-state index contributed by atoms with van der Waals surface area (Å²) in [7, 11) is 1.81. The van der Waals surface area contributed by atoms with Crippen molar-refractivity contribution in [2.24, 2.45) is 0 Å². The summed E-state index contributed by atoms with van der Waals surface area (Å²) in [6.45, 7) is 2.91. The number of hydrogen-bond acceptors (Lipinski definition) is 4. The molecule has 2 heterocycles. The Bertz CT molecular complexity index is 405. The van der Waals surface area contributed by atoms with Crippen molar-refractivity contribution in [3.05, 3.63) is 21.3 Å². The first-order valence-electron chi connectivity index (χ1n) is 5.95. The molecule has 1 saturated heterocycles. The summed E-state index contributed by atoms with van der Waals surface area (Å²) < 4.78 is 6.28. The number of thiophene rings is 1. The lowest BCUT2D eigenvalue weighted by atomic mass is 10.2. The standard InChI is InChI=1S/C12H17ClN2O2S/c1-15(8-10-2-3-11(13)18-10)12(16)6-9-7-14-4-5-17-9/h2-3,9,14H,4-8H2,1H3. The molecule has 2 rings (SSSR count). The van der Waals surface area contributed by atoms with E-state index in [0.29, 0.717) is 19.6 Å². The zero-order chi connectivity index (χ0) is 13.0. The summed E-state index contributed by atoms with van der Waals surface area (Å²) >= 11 is 7.37. The maximum absolute atomic E-state index is 12.0. The fourth-order valence-corrected chi connectivity index (χ4v) is 3.00. The molecule has 1 unspecified atom stereocenters. The average molecular weight is 289 g/mol. The van der Waals surface area contributed by atoms with Crippen LogP contribution in [0.3, 0.4) is 0 Å². The molecular formula is C12H17ClN2O2S. The van der Waals surface area contributed by atoms with Gasteiger partial charge in [0.15, 0.2) is 0 Å². The van der Waals surface area contributed by atoms with Gasteiger partial charge in [-0.05, 0) is 12.1 Å². The number of carbonyl (C=O) groups excluding carboxylic acids is 1. The highest BCUT2D eigenvalue weighted by Gasteiger charge is 2.19. The van der Waals surface area contributed by atoms with Crippen LogP contribution in [-0.4, -0.2) is 43.7 Å². The third kappa shape index (κ3) is 3.95. The highest BCUT2D eigenvalue weighted by Crippen LogP contribution is 2.22. The van der Waals surface area contributed by atoms with Crippen molar-refractivity contribution in [1.29, 1.82) is 0 Å². The highest BCUT2D eigenvalue weighted by atomic mass is 35.5. The summed E-state index contributed by atoms with van der Waals surface area (Å²) in [4.78, 5) is 14.8. The molecule has 0 radical (unpaired) electrons. The Labute approximate surface area is 116 Å². The topological polar surface area (TPSA) is 41.6 Å². The monoisotopic (exact) mass is 288 g/mol. The third-order valence-corrected chi connectivity index (χ3v) is 4.07. The second-order valence-corrected chi connectivity index (χ2v) is 6.16. The number of rotatable bonds is 4. The van der Waals surface area contributed by atoms with Gasteiger partial charge in [0.2, 0.25) is 5.91 Å². The van der Waals surface area contributed by atoms with Crippen LogP contribution in [0.1, 0.15) is 11.3 Å². The van der Waals surface area contributed by atoms with E-state index in [2.05, 4.69) is 5.32 Å². The Hall–Kier alpha value is -0.620. The minimum absolute atomic E-state index is 0.000577.